The molecule has 100 valence electrons. The molecule has 0 amide bonds. The van der Waals surface area contributed by atoms with Gasteiger partial charge in [0.2, 0.25) is 0 Å². The molecule has 2 rings (SSSR count). The third-order valence-electron chi connectivity index (χ3n) is 3.43. The lowest BCUT2D eigenvalue weighted by Gasteiger charge is -2.29. The minimum absolute atomic E-state index is 0.157. The molecule has 0 spiro atoms. The van der Waals surface area contributed by atoms with Gasteiger partial charge < -0.3 is 10.2 Å². The Morgan fingerprint density at radius 1 is 1.28 bits per heavy atom. The summed E-state index contributed by atoms with van der Waals surface area (Å²) in [4.78, 5) is 2.29. The third-order valence-corrected chi connectivity index (χ3v) is 4.04. The molecule has 1 heterocycles. The van der Waals surface area contributed by atoms with Crippen molar-refractivity contribution >= 4 is 21.6 Å². The molecule has 0 atom stereocenters. The second kappa shape index (κ2) is 5.97. The lowest BCUT2D eigenvalue weighted by atomic mass is 9.97. The van der Waals surface area contributed by atoms with Gasteiger partial charge in [0, 0.05) is 12.6 Å². The highest BCUT2D eigenvalue weighted by molar-refractivity contribution is 9.10. The van der Waals surface area contributed by atoms with Gasteiger partial charge in [-0.05, 0) is 60.9 Å². The second-order valence-corrected chi connectivity index (χ2v) is 5.73. The monoisotopic (exact) mass is 318 g/mol. The Kier molecular flexibility index (Phi) is 4.56. The van der Waals surface area contributed by atoms with Crippen LogP contribution in [0.1, 0.15) is 12.8 Å². The average Bonchev–Trinajstić information content (AvgIpc) is 2.34. The molecule has 1 N–H and O–H groups in total. The van der Waals surface area contributed by atoms with E-state index in [4.69, 9.17) is 0 Å². The standard InChI is InChI=1S/C13H17BrF2N2/c1-18-4-2-9(3-5-18)8-17-13-7-11(15)10(14)6-12(13)16/h6-7,9,17H,2-5,8H2,1H3. The van der Waals surface area contributed by atoms with Gasteiger partial charge in [-0.15, -0.1) is 0 Å². The number of hydrogen-bond donors (Lipinski definition) is 1. The quantitative estimate of drug-likeness (QED) is 0.858. The fourth-order valence-electron chi connectivity index (χ4n) is 2.18. The highest BCUT2D eigenvalue weighted by atomic mass is 79.9. The molecule has 0 radical (unpaired) electrons. The van der Waals surface area contributed by atoms with Gasteiger partial charge >= 0.3 is 0 Å². The average molecular weight is 319 g/mol. The van der Waals surface area contributed by atoms with Crippen LogP contribution in [0.2, 0.25) is 0 Å². The smallest absolute Gasteiger partial charge is 0.147 e. The van der Waals surface area contributed by atoms with E-state index >= 15 is 0 Å². The maximum Gasteiger partial charge on any atom is 0.147 e. The first-order chi connectivity index (χ1) is 8.56. The van der Waals surface area contributed by atoms with E-state index in [1.165, 1.54) is 6.07 Å². The Morgan fingerprint density at radius 2 is 1.94 bits per heavy atom. The molecule has 1 aromatic rings. The van der Waals surface area contributed by atoms with Gasteiger partial charge in [-0.2, -0.15) is 0 Å². The summed E-state index contributed by atoms with van der Waals surface area (Å²) in [7, 11) is 2.10. The van der Waals surface area contributed by atoms with Crippen LogP contribution in [0.3, 0.4) is 0 Å². The first kappa shape index (κ1) is 13.7. The lowest BCUT2D eigenvalue weighted by molar-refractivity contribution is 0.226. The van der Waals surface area contributed by atoms with E-state index in [1.54, 1.807) is 0 Å². The van der Waals surface area contributed by atoms with Gasteiger partial charge in [0.15, 0.2) is 0 Å². The van der Waals surface area contributed by atoms with Crippen LogP contribution in [-0.2, 0) is 0 Å². The minimum Gasteiger partial charge on any atom is -0.382 e. The maximum atomic E-state index is 13.6. The highest BCUT2D eigenvalue weighted by Crippen LogP contribution is 2.24. The van der Waals surface area contributed by atoms with Crippen LogP contribution in [0.5, 0.6) is 0 Å². The van der Waals surface area contributed by atoms with Crippen molar-refractivity contribution in [2.75, 3.05) is 32.0 Å². The molecular formula is C13H17BrF2N2. The zero-order valence-electron chi connectivity index (χ0n) is 10.3. The van der Waals surface area contributed by atoms with Crippen molar-refractivity contribution < 1.29 is 8.78 Å². The normalized spacial score (nSPS) is 18.0. The van der Waals surface area contributed by atoms with Gasteiger partial charge in [0.05, 0.1) is 10.2 Å². The summed E-state index contributed by atoms with van der Waals surface area (Å²) in [6.07, 6.45) is 2.20. The van der Waals surface area contributed by atoms with E-state index in [2.05, 4.69) is 33.2 Å². The van der Waals surface area contributed by atoms with Gasteiger partial charge in [-0.1, -0.05) is 0 Å². The third kappa shape index (κ3) is 3.42. The van der Waals surface area contributed by atoms with Crippen LogP contribution in [0.4, 0.5) is 14.5 Å². The van der Waals surface area contributed by atoms with E-state index < -0.39 is 11.6 Å². The predicted molar refractivity (Wildman–Crippen MR) is 72.8 cm³/mol. The number of benzene rings is 1. The van der Waals surface area contributed by atoms with Gasteiger partial charge in [0.1, 0.15) is 11.6 Å². The summed E-state index contributed by atoms with van der Waals surface area (Å²) >= 11 is 2.97. The van der Waals surface area contributed by atoms with Crippen LogP contribution < -0.4 is 5.32 Å². The van der Waals surface area contributed by atoms with Gasteiger partial charge in [-0.25, -0.2) is 8.78 Å². The van der Waals surface area contributed by atoms with Gasteiger partial charge in [0.25, 0.3) is 0 Å². The maximum absolute atomic E-state index is 13.6. The predicted octanol–water partition coefficient (Wildman–Crippen LogP) is 3.48. The molecule has 1 aliphatic rings. The Hall–Kier alpha value is -0.680. The Balaban J connectivity index is 1.92. The number of halogens is 3. The summed E-state index contributed by atoms with van der Waals surface area (Å²) in [5.74, 6) is -0.328. The minimum atomic E-state index is -0.442. The number of likely N-dealkylation sites (tertiary alicyclic amines) is 1. The van der Waals surface area contributed by atoms with Crippen molar-refractivity contribution in [3.05, 3.63) is 28.2 Å². The molecule has 0 saturated carbocycles. The number of rotatable bonds is 3. The van der Waals surface area contributed by atoms with Crippen molar-refractivity contribution in [3.8, 4) is 0 Å². The fourth-order valence-corrected chi connectivity index (χ4v) is 2.49. The molecule has 5 heteroatoms. The number of hydrogen-bond acceptors (Lipinski definition) is 2. The van der Waals surface area contributed by atoms with E-state index in [1.807, 2.05) is 0 Å². The van der Waals surface area contributed by atoms with Crippen molar-refractivity contribution in [3.63, 3.8) is 0 Å². The highest BCUT2D eigenvalue weighted by Gasteiger charge is 2.17. The summed E-state index contributed by atoms with van der Waals surface area (Å²) in [6.45, 7) is 2.85. The number of nitrogens with one attached hydrogen (secondary N) is 1. The molecule has 0 unspecified atom stereocenters. The number of nitrogens with zero attached hydrogens (tertiary/aromatic N) is 1. The van der Waals surface area contributed by atoms with Crippen molar-refractivity contribution in [2.45, 2.75) is 12.8 Å². The molecule has 1 saturated heterocycles. The number of piperidine rings is 1. The van der Waals surface area contributed by atoms with Crippen LogP contribution in [0, 0.1) is 17.6 Å². The van der Waals surface area contributed by atoms with Crippen LogP contribution in [0.25, 0.3) is 0 Å². The molecule has 0 aromatic heterocycles. The Morgan fingerprint density at radius 3 is 2.61 bits per heavy atom. The van der Waals surface area contributed by atoms with Crippen molar-refractivity contribution in [1.29, 1.82) is 0 Å². The Bertz CT molecular complexity index is 418. The summed E-state index contributed by atoms with van der Waals surface area (Å²) in [5.41, 5.74) is 0.245. The van der Waals surface area contributed by atoms with Crippen molar-refractivity contribution in [2.24, 2.45) is 5.92 Å². The topological polar surface area (TPSA) is 15.3 Å². The zero-order chi connectivity index (χ0) is 13.1. The zero-order valence-corrected chi connectivity index (χ0v) is 11.9. The molecule has 0 aliphatic carbocycles. The van der Waals surface area contributed by atoms with E-state index in [-0.39, 0.29) is 10.2 Å². The largest absolute Gasteiger partial charge is 0.382 e. The molecule has 0 bridgehead atoms. The molecule has 2 nitrogen and oxygen atoms in total. The summed E-state index contributed by atoms with van der Waals surface area (Å²) in [5, 5.41) is 3.01. The van der Waals surface area contributed by atoms with Crippen LogP contribution >= 0.6 is 15.9 Å². The first-order valence-electron chi connectivity index (χ1n) is 6.13. The second-order valence-electron chi connectivity index (χ2n) is 4.87. The van der Waals surface area contributed by atoms with E-state index in [0.717, 1.165) is 32.0 Å². The fraction of sp³-hybridized carbons (Fsp3) is 0.538. The molecule has 1 aliphatic heterocycles. The van der Waals surface area contributed by atoms with E-state index in [0.29, 0.717) is 12.5 Å². The van der Waals surface area contributed by atoms with Crippen molar-refractivity contribution in [1.82, 2.24) is 4.90 Å². The van der Waals surface area contributed by atoms with Gasteiger partial charge in [-0.3, -0.25) is 0 Å². The SMILES string of the molecule is CN1CCC(CNc2cc(F)c(Br)cc2F)CC1. The lowest BCUT2D eigenvalue weighted by Crippen LogP contribution is -2.33. The van der Waals surface area contributed by atoms with E-state index in [9.17, 15) is 8.78 Å². The first-order valence-corrected chi connectivity index (χ1v) is 6.92. The molecular weight excluding hydrogens is 302 g/mol. The van der Waals surface area contributed by atoms with Crippen LogP contribution in [0.15, 0.2) is 16.6 Å². The number of anilines is 1. The summed E-state index contributed by atoms with van der Waals surface area (Å²) in [6, 6.07) is 2.36. The summed E-state index contributed by atoms with van der Waals surface area (Å²) < 4.78 is 27.1. The molecule has 18 heavy (non-hydrogen) atoms. The molecule has 1 aromatic carbocycles. The Labute approximate surface area is 114 Å². The molecule has 1 fully saturated rings. The van der Waals surface area contributed by atoms with Crippen LogP contribution in [-0.4, -0.2) is 31.6 Å².